The molecule has 1 unspecified atom stereocenters. The molecule has 1 N–H and O–H groups in total. The molecule has 0 aliphatic heterocycles. The van der Waals surface area contributed by atoms with Crippen LogP contribution in [0.5, 0.6) is 0 Å². The number of hydrogen-bond acceptors (Lipinski definition) is 2. The van der Waals surface area contributed by atoms with Crippen LogP contribution in [0.15, 0.2) is 28.7 Å². The maximum Gasteiger partial charge on any atom is 0.251 e. The van der Waals surface area contributed by atoms with Crippen LogP contribution in [0.1, 0.15) is 38.6 Å². The van der Waals surface area contributed by atoms with Gasteiger partial charge in [-0.3, -0.25) is 4.79 Å². The Labute approximate surface area is 136 Å². The van der Waals surface area contributed by atoms with Crippen molar-refractivity contribution in [2.45, 2.75) is 26.8 Å². The van der Waals surface area contributed by atoms with Gasteiger partial charge in [0.1, 0.15) is 0 Å². The Morgan fingerprint density at radius 1 is 1.30 bits per heavy atom. The van der Waals surface area contributed by atoms with Gasteiger partial charge in [0, 0.05) is 24.8 Å². The van der Waals surface area contributed by atoms with Gasteiger partial charge < -0.3 is 5.32 Å². The molecule has 1 atom stereocenters. The molecule has 0 bridgehead atoms. The second kappa shape index (κ2) is 6.29. The van der Waals surface area contributed by atoms with Gasteiger partial charge in [0.05, 0.1) is 6.04 Å². The van der Waals surface area contributed by atoms with Gasteiger partial charge in [-0.05, 0) is 50.6 Å². The second-order valence-corrected chi connectivity index (χ2v) is 7.53. The number of amides is 1. The van der Waals surface area contributed by atoms with Gasteiger partial charge in [-0.25, -0.2) is 0 Å². The molecule has 106 valence electrons. The Morgan fingerprint density at radius 3 is 2.55 bits per heavy atom. The molecule has 2 nitrogen and oxygen atoms in total. The summed E-state index contributed by atoms with van der Waals surface area (Å²) in [6.07, 6.45) is 0. The minimum Gasteiger partial charge on any atom is -0.345 e. The molecular weight excluding hydrogens is 358 g/mol. The van der Waals surface area contributed by atoms with Crippen LogP contribution in [0.25, 0.3) is 0 Å². The smallest absolute Gasteiger partial charge is 0.251 e. The van der Waals surface area contributed by atoms with Gasteiger partial charge in [-0.2, -0.15) is 0 Å². The van der Waals surface area contributed by atoms with Gasteiger partial charge in [0.15, 0.2) is 0 Å². The van der Waals surface area contributed by atoms with E-state index in [0.717, 1.165) is 4.47 Å². The Balaban J connectivity index is 2.17. The van der Waals surface area contributed by atoms with Crippen LogP contribution in [0.4, 0.5) is 0 Å². The Bertz CT molecular complexity index is 633. The summed E-state index contributed by atoms with van der Waals surface area (Å²) >= 11 is 11.1. The van der Waals surface area contributed by atoms with Crippen LogP contribution in [0.3, 0.4) is 0 Å². The molecule has 0 radical (unpaired) electrons. The lowest BCUT2D eigenvalue weighted by Crippen LogP contribution is -2.26. The molecule has 1 heterocycles. The summed E-state index contributed by atoms with van der Waals surface area (Å²) < 4.78 is 0.797. The van der Waals surface area contributed by atoms with Crippen LogP contribution in [-0.4, -0.2) is 5.91 Å². The number of thiophene rings is 1. The molecule has 0 saturated carbocycles. The van der Waals surface area contributed by atoms with E-state index >= 15 is 0 Å². The molecule has 5 heteroatoms. The van der Waals surface area contributed by atoms with Crippen molar-refractivity contribution < 1.29 is 4.79 Å². The fraction of sp³-hybridized carbons (Fsp3) is 0.267. The SMILES string of the molecule is Cc1cc(C(C)NC(=O)c2cc(Cl)cc(Br)c2)c(C)s1. The lowest BCUT2D eigenvalue weighted by molar-refractivity contribution is 0.0940. The number of carbonyl (C=O) groups excluding carboxylic acids is 1. The summed E-state index contributed by atoms with van der Waals surface area (Å²) in [5.74, 6) is -0.121. The molecule has 1 aromatic heterocycles. The highest BCUT2D eigenvalue weighted by Gasteiger charge is 2.15. The van der Waals surface area contributed by atoms with E-state index < -0.39 is 0 Å². The van der Waals surface area contributed by atoms with Crippen molar-refractivity contribution in [2.75, 3.05) is 0 Å². The summed E-state index contributed by atoms with van der Waals surface area (Å²) in [4.78, 5) is 14.8. The van der Waals surface area contributed by atoms with E-state index in [2.05, 4.69) is 41.2 Å². The number of nitrogens with one attached hydrogen (secondary N) is 1. The first-order valence-corrected chi connectivity index (χ1v) is 8.19. The highest BCUT2D eigenvalue weighted by molar-refractivity contribution is 9.10. The van der Waals surface area contributed by atoms with Gasteiger partial charge >= 0.3 is 0 Å². The third-order valence-electron chi connectivity index (χ3n) is 3.02. The average Bonchev–Trinajstić information content (AvgIpc) is 2.67. The predicted octanol–water partition coefficient (Wildman–Crippen LogP) is 5.27. The van der Waals surface area contributed by atoms with Crippen molar-refractivity contribution >= 4 is 44.8 Å². The zero-order chi connectivity index (χ0) is 14.9. The molecule has 0 spiro atoms. The van der Waals surface area contributed by atoms with Gasteiger partial charge in [0.25, 0.3) is 5.91 Å². The van der Waals surface area contributed by atoms with Crippen molar-refractivity contribution in [3.05, 3.63) is 54.6 Å². The summed E-state index contributed by atoms with van der Waals surface area (Å²) in [6.45, 7) is 6.14. The highest BCUT2D eigenvalue weighted by Crippen LogP contribution is 2.26. The Hall–Kier alpha value is -0.840. The molecule has 2 rings (SSSR count). The molecule has 1 amide bonds. The minimum atomic E-state index is -0.121. The van der Waals surface area contributed by atoms with Crippen LogP contribution in [-0.2, 0) is 0 Å². The predicted molar refractivity (Wildman–Crippen MR) is 88.8 cm³/mol. The minimum absolute atomic E-state index is 0.0230. The lowest BCUT2D eigenvalue weighted by atomic mass is 10.1. The molecule has 20 heavy (non-hydrogen) atoms. The first-order valence-electron chi connectivity index (χ1n) is 6.20. The van der Waals surface area contributed by atoms with Crippen molar-refractivity contribution in [1.29, 1.82) is 0 Å². The molecule has 1 aromatic carbocycles. The monoisotopic (exact) mass is 371 g/mol. The molecule has 0 fully saturated rings. The number of aryl methyl sites for hydroxylation is 2. The molecule has 2 aromatic rings. The van der Waals surface area contributed by atoms with Crippen molar-refractivity contribution in [3.8, 4) is 0 Å². The maximum absolute atomic E-state index is 12.3. The fourth-order valence-electron chi connectivity index (χ4n) is 2.12. The summed E-state index contributed by atoms with van der Waals surface area (Å²) in [5, 5.41) is 3.55. The maximum atomic E-state index is 12.3. The van der Waals surface area contributed by atoms with Gasteiger partial charge in [0.2, 0.25) is 0 Å². The summed E-state index contributed by atoms with van der Waals surface area (Å²) in [7, 11) is 0. The quantitative estimate of drug-likeness (QED) is 0.781. The van der Waals surface area contributed by atoms with E-state index in [-0.39, 0.29) is 11.9 Å². The van der Waals surface area contributed by atoms with Crippen molar-refractivity contribution in [1.82, 2.24) is 5.32 Å². The third kappa shape index (κ3) is 3.62. The topological polar surface area (TPSA) is 29.1 Å². The highest BCUT2D eigenvalue weighted by atomic mass is 79.9. The summed E-state index contributed by atoms with van der Waals surface area (Å²) in [6, 6.07) is 7.29. The van der Waals surface area contributed by atoms with Crippen LogP contribution in [0.2, 0.25) is 5.02 Å². The number of rotatable bonds is 3. The van der Waals surface area contributed by atoms with E-state index in [0.29, 0.717) is 10.6 Å². The zero-order valence-electron chi connectivity index (χ0n) is 11.5. The largest absolute Gasteiger partial charge is 0.345 e. The fourth-order valence-corrected chi connectivity index (χ4v) is 4.01. The zero-order valence-corrected chi connectivity index (χ0v) is 14.6. The van der Waals surface area contributed by atoms with Gasteiger partial charge in [-0.1, -0.05) is 27.5 Å². The number of halogens is 2. The Kier molecular flexibility index (Phi) is 4.89. The lowest BCUT2D eigenvalue weighted by Gasteiger charge is -2.14. The summed E-state index contributed by atoms with van der Waals surface area (Å²) in [5.41, 5.74) is 1.72. The standard InChI is InChI=1S/C15H15BrClNOS/c1-8-4-14(10(3)20-8)9(2)18-15(19)11-5-12(16)7-13(17)6-11/h4-7,9H,1-3H3,(H,18,19). The first kappa shape index (κ1) is 15.5. The number of benzene rings is 1. The van der Waals surface area contributed by atoms with Crippen LogP contribution < -0.4 is 5.32 Å². The van der Waals surface area contributed by atoms with Crippen LogP contribution >= 0.6 is 38.9 Å². The normalized spacial score (nSPS) is 12.2. The van der Waals surface area contributed by atoms with Crippen molar-refractivity contribution in [3.63, 3.8) is 0 Å². The molecular formula is C15H15BrClNOS. The van der Waals surface area contributed by atoms with E-state index in [1.54, 1.807) is 29.5 Å². The number of hydrogen-bond donors (Lipinski definition) is 1. The molecule has 0 aliphatic carbocycles. The van der Waals surface area contributed by atoms with E-state index in [4.69, 9.17) is 11.6 Å². The van der Waals surface area contributed by atoms with E-state index in [1.807, 2.05) is 6.92 Å². The third-order valence-corrected chi connectivity index (χ3v) is 4.68. The van der Waals surface area contributed by atoms with Gasteiger partial charge in [-0.15, -0.1) is 11.3 Å². The van der Waals surface area contributed by atoms with Crippen LogP contribution in [0, 0.1) is 13.8 Å². The average molecular weight is 373 g/mol. The van der Waals surface area contributed by atoms with Crippen molar-refractivity contribution in [2.24, 2.45) is 0 Å². The first-order chi connectivity index (χ1) is 9.36. The second-order valence-electron chi connectivity index (χ2n) is 4.72. The van der Waals surface area contributed by atoms with E-state index in [9.17, 15) is 4.79 Å². The number of carbonyl (C=O) groups is 1. The molecule has 0 saturated heterocycles. The molecule has 0 aliphatic rings. The Morgan fingerprint density at radius 2 is 2.00 bits per heavy atom. The van der Waals surface area contributed by atoms with E-state index in [1.165, 1.54) is 15.3 Å².